The number of hydrogen-bond acceptors (Lipinski definition) is 10. The Hall–Kier alpha value is -5.38. The molecule has 2 aromatic carbocycles. The third-order valence-corrected chi connectivity index (χ3v) is 12.4. The molecule has 16 nitrogen and oxygen atoms in total. The molecule has 0 radical (unpaired) electrons. The van der Waals surface area contributed by atoms with Gasteiger partial charge in [-0.1, -0.05) is 38.6 Å². The van der Waals surface area contributed by atoms with Gasteiger partial charge in [-0.3, -0.25) is 19.0 Å². The van der Waals surface area contributed by atoms with Gasteiger partial charge >= 0.3 is 23.8 Å². The summed E-state index contributed by atoms with van der Waals surface area (Å²) in [6.07, 6.45) is 4.15. The molecule has 1 atom stereocenters. The summed E-state index contributed by atoms with van der Waals surface area (Å²) < 4.78 is 17.9. The quantitative estimate of drug-likeness (QED) is 0.308. The van der Waals surface area contributed by atoms with E-state index in [-0.39, 0.29) is 56.2 Å². The van der Waals surface area contributed by atoms with Crippen molar-refractivity contribution in [2.24, 2.45) is 18.9 Å². The van der Waals surface area contributed by atoms with Crippen molar-refractivity contribution in [2.75, 3.05) is 78.9 Å². The van der Waals surface area contributed by atoms with E-state index < -0.39 is 18.0 Å². The molecule has 0 saturated carbocycles. The number of aromatic nitrogens is 1. The molecule has 3 fully saturated rings. The summed E-state index contributed by atoms with van der Waals surface area (Å²) in [5.41, 5.74) is 4.72. The number of hydrogen-bond donors (Lipinski definition) is 1. The fourth-order valence-corrected chi connectivity index (χ4v) is 8.44. The minimum Gasteiger partial charge on any atom is -0.455 e. The van der Waals surface area contributed by atoms with Crippen LogP contribution in [0.4, 0.5) is 15.3 Å². The lowest BCUT2D eigenvalue weighted by molar-refractivity contribution is -0.155. The van der Waals surface area contributed by atoms with Crippen molar-refractivity contribution >= 4 is 46.7 Å². The first-order valence-corrected chi connectivity index (χ1v) is 21.2. The number of piperidine rings is 3. The van der Waals surface area contributed by atoms with Crippen LogP contribution in [0.25, 0.3) is 11.1 Å². The van der Waals surface area contributed by atoms with E-state index in [1.165, 1.54) is 9.47 Å². The number of likely N-dealkylation sites (N-methyl/N-ethyl adjacent to an activating group) is 1. The number of amides is 5. The zero-order chi connectivity index (χ0) is 43.1. The number of para-hydroxylation sites is 1. The molecule has 4 aliphatic rings. The predicted octanol–water partition coefficient (Wildman–Crippen LogP) is 4.90. The summed E-state index contributed by atoms with van der Waals surface area (Å²) in [6, 6.07) is 11.4. The number of carbonyl (C=O) groups excluding carboxylic acids is 5. The molecule has 1 aromatic heterocycles. The number of anilines is 1. The number of urea groups is 1. The topological polar surface area (TPSA) is 167 Å². The maximum Gasteiger partial charge on any atom is 0.419 e. The van der Waals surface area contributed by atoms with E-state index in [1.807, 2.05) is 49.2 Å². The monoisotopic (exact) mass is 847 g/mol. The highest BCUT2D eigenvalue weighted by atomic mass is 16.6. The van der Waals surface area contributed by atoms with Crippen LogP contribution in [0.5, 0.6) is 0 Å². The number of likely N-dealkylation sites (tertiary alicyclic amines) is 3. The molecule has 16 heteroatoms. The molecule has 0 aliphatic carbocycles. The highest BCUT2D eigenvalue weighted by molar-refractivity contribution is 5.91. The Labute approximate surface area is 359 Å². The minimum atomic E-state index is -1.00. The Morgan fingerprint density at radius 3 is 2.21 bits per heavy atom. The summed E-state index contributed by atoms with van der Waals surface area (Å²) in [5.74, 6) is -0.552. The average molecular weight is 848 g/mol. The van der Waals surface area contributed by atoms with Gasteiger partial charge in [-0.15, -0.1) is 0 Å². The lowest BCUT2D eigenvalue weighted by Gasteiger charge is -2.38. The van der Waals surface area contributed by atoms with Gasteiger partial charge in [-0.05, 0) is 107 Å². The number of aryl methyl sites for hydroxylation is 2. The Morgan fingerprint density at radius 1 is 0.885 bits per heavy atom. The third-order valence-electron chi connectivity index (χ3n) is 12.4. The number of carbonyl (C=O) groups is 5. The molecule has 334 valence electrons. The second-order valence-electron chi connectivity index (χ2n) is 17.0. The van der Waals surface area contributed by atoms with Crippen molar-refractivity contribution < 1.29 is 37.9 Å². The van der Waals surface area contributed by atoms with Gasteiger partial charge in [0, 0.05) is 72.0 Å². The Kier molecular flexibility index (Phi) is 16.0. The molecule has 4 aliphatic heterocycles. The molecule has 61 heavy (non-hydrogen) atoms. The molecule has 0 bridgehead atoms. The first-order chi connectivity index (χ1) is 28.7. The number of nitrogens with one attached hydrogen (secondary N) is 1. The summed E-state index contributed by atoms with van der Waals surface area (Å²) in [6.45, 7) is 8.52. The molecular weight excluding hydrogens is 783 g/mol. The molecule has 3 saturated heterocycles. The van der Waals surface area contributed by atoms with Gasteiger partial charge in [-0.25, -0.2) is 14.4 Å². The smallest absolute Gasteiger partial charge is 0.419 e. The Morgan fingerprint density at radius 2 is 1.54 bits per heavy atom. The van der Waals surface area contributed by atoms with Crippen molar-refractivity contribution in [3.8, 4) is 0 Å². The third kappa shape index (κ3) is 11.7. The standard InChI is InChI=1S/C33H41N5O6.C11H20N2O3.CH4/c1-21-8-13-36(14-9-21)30(39)28(20-23-18-22(2)29-27(19-23)43-32(41)35(29)3)44-33(42)37-15-11-25(12-16-37)38-17-10-24-6-4-5-7-26(24)34-31(38)40;1-12(2)10(14)8-16-11(15)9-4-6-13(3)7-5-9;/h4-7,18-19,21,25,28H,8-17,20H2,1-3H3,(H,34,40);9H,4-8H2,1-3H3;1H4/t28-;;/m1../s1. The first-order valence-electron chi connectivity index (χ1n) is 21.2. The fraction of sp³-hybridized carbons (Fsp3) is 0.600. The van der Waals surface area contributed by atoms with E-state index in [2.05, 4.69) is 17.1 Å². The second kappa shape index (κ2) is 20.9. The van der Waals surface area contributed by atoms with E-state index in [1.54, 1.807) is 37.0 Å². The number of benzene rings is 2. The SMILES string of the molecule is C.CN1CCC(C(=O)OCC(=O)N(C)C)CC1.Cc1cc(C[C@@H](OC(=O)N2CCC(N3CCc4ccccc4NC3=O)CC2)C(=O)N2CCC(C)CC2)cc2oc(=O)n(C)c12. The minimum absolute atomic E-state index is 0. The summed E-state index contributed by atoms with van der Waals surface area (Å²) in [7, 11) is 6.99. The number of oxazole rings is 1. The van der Waals surface area contributed by atoms with Gasteiger partial charge in [0.2, 0.25) is 0 Å². The molecule has 0 unspecified atom stereocenters. The second-order valence-corrected chi connectivity index (χ2v) is 17.0. The summed E-state index contributed by atoms with van der Waals surface area (Å²) >= 11 is 0. The van der Waals surface area contributed by atoms with Crippen molar-refractivity contribution in [1.82, 2.24) is 29.1 Å². The van der Waals surface area contributed by atoms with Gasteiger partial charge in [0.25, 0.3) is 11.8 Å². The summed E-state index contributed by atoms with van der Waals surface area (Å²) in [5, 5.41) is 3.03. The zero-order valence-electron chi connectivity index (χ0n) is 35.9. The van der Waals surface area contributed by atoms with Crippen LogP contribution >= 0.6 is 0 Å². The van der Waals surface area contributed by atoms with Crippen LogP contribution in [-0.4, -0.2) is 145 Å². The highest BCUT2D eigenvalue weighted by Gasteiger charge is 2.35. The van der Waals surface area contributed by atoms with Crippen molar-refractivity contribution in [3.05, 3.63) is 63.6 Å². The molecular formula is C45H65N7O9. The van der Waals surface area contributed by atoms with Crippen LogP contribution in [0.3, 0.4) is 0 Å². The van der Waals surface area contributed by atoms with Crippen molar-refractivity contribution in [2.45, 2.75) is 84.8 Å². The molecule has 5 heterocycles. The van der Waals surface area contributed by atoms with Crippen LogP contribution < -0.4 is 11.1 Å². The Bertz CT molecular complexity index is 2070. The van der Waals surface area contributed by atoms with Crippen molar-refractivity contribution in [3.63, 3.8) is 0 Å². The molecule has 0 spiro atoms. The van der Waals surface area contributed by atoms with E-state index in [4.69, 9.17) is 13.9 Å². The van der Waals surface area contributed by atoms with Gasteiger partial charge in [-0.2, -0.15) is 0 Å². The van der Waals surface area contributed by atoms with E-state index in [9.17, 15) is 28.8 Å². The number of ether oxygens (including phenoxy) is 2. The van der Waals surface area contributed by atoms with Gasteiger partial charge in [0.15, 0.2) is 18.3 Å². The van der Waals surface area contributed by atoms with Crippen LogP contribution in [0.15, 0.2) is 45.6 Å². The normalized spacial score (nSPS) is 18.5. The number of nitrogens with zero attached hydrogens (tertiary/aromatic N) is 6. The molecule has 5 amide bonds. The van der Waals surface area contributed by atoms with E-state index in [0.717, 1.165) is 67.6 Å². The van der Waals surface area contributed by atoms with Crippen LogP contribution in [0.1, 0.15) is 69.6 Å². The van der Waals surface area contributed by atoms with Gasteiger partial charge in [0.05, 0.1) is 11.4 Å². The Balaban J connectivity index is 0.000000351. The fourth-order valence-electron chi connectivity index (χ4n) is 8.44. The van der Waals surface area contributed by atoms with Crippen molar-refractivity contribution in [1.29, 1.82) is 0 Å². The van der Waals surface area contributed by atoms with Gasteiger partial charge in [0.1, 0.15) is 0 Å². The van der Waals surface area contributed by atoms with Crippen LogP contribution in [0.2, 0.25) is 0 Å². The maximum absolute atomic E-state index is 13.8. The first kappa shape index (κ1) is 46.7. The van der Waals surface area contributed by atoms with E-state index in [0.29, 0.717) is 62.6 Å². The molecule has 1 N–H and O–H groups in total. The number of rotatable bonds is 8. The zero-order valence-corrected chi connectivity index (χ0v) is 35.9. The largest absolute Gasteiger partial charge is 0.455 e. The summed E-state index contributed by atoms with van der Waals surface area (Å²) in [4.78, 5) is 84.2. The van der Waals surface area contributed by atoms with E-state index >= 15 is 0 Å². The van der Waals surface area contributed by atoms with Gasteiger partial charge < -0.3 is 43.7 Å². The number of esters is 1. The molecule has 3 aromatic rings. The lowest BCUT2D eigenvalue weighted by Crippen LogP contribution is -2.51. The average Bonchev–Trinajstić information content (AvgIpc) is 3.41. The lowest BCUT2D eigenvalue weighted by atomic mass is 9.97. The highest BCUT2D eigenvalue weighted by Crippen LogP contribution is 2.27. The molecule has 7 rings (SSSR count). The van der Waals surface area contributed by atoms with Crippen LogP contribution in [0, 0.1) is 18.8 Å². The maximum atomic E-state index is 13.8. The number of fused-ring (bicyclic) bond motifs is 2. The predicted molar refractivity (Wildman–Crippen MR) is 232 cm³/mol. The van der Waals surface area contributed by atoms with Crippen LogP contribution in [-0.2, 0) is 43.7 Å².